The molecule has 132 valence electrons. The number of benzene rings is 2. The molecule has 25 heavy (non-hydrogen) atoms. The van der Waals surface area contributed by atoms with E-state index in [1.54, 1.807) is 12.1 Å². The van der Waals surface area contributed by atoms with Crippen LogP contribution in [0.4, 0.5) is 0 Å². The Bertz CT molecular complexity index is 852. The number of carbonyl (C=O) groups is 1. The van der Waals surface area contributed by atoms with Crippen LogP contribution in [0.3, 0.4) is 0 Å². The summed E-state index contributed by atoms with van der Waals surface area (Å²) in [7, 11) is -3.09. The number of carbonyl (C=O) groups excluding carboxylic acids is 1. The summed E-state index contributed by atoms with van der Waals surface area (Å²) in [6.45, 7) is 4.29. The Kier molecular flexibility index (Phi) is 4.69. The van der Waals surface area contributed by atoms with E-state index in [-0.39, 0.29) is 16.9 Å². The maximum Gasteiger partial charge on any atom is 0.315 e. The van der Waals surface area contributed by atoms with Crippen molar-refractivity contribution in [1.29, 1.82) is 0 Å². The molecule has 0 aliphatic carbocycles. The Labute approximate surface area is 148 Å². The first-order chi connectivity index (χ1) is 11.8. The number of rotatable bonds is 4. The van der Waals surface area contributed by atoms with Crippen molar-refractivity contribution in [2.45, 2.75) is 25.7 Å². The topological polar surface area (TPSA) is 60.4 Å². The molecule has 1 fully saturated rings. The van der Waals surface area contributed by atoms with Crippen LogP contribution in [0.5, 0.6) is 5.75 Å². The van der Waals surface area contributed by atoms with Crippen molar-refractivity contribution in [2.75, 3.05) is 11.5 Å². The van der Waals surface area contributed by atoms with Gasteiger partial charge in [0.25, 0.3) is 0 Å². The van der Waals surface area contributed by atoms with E-state index >= 15 is 0 Å². The molecule has 4 nitrogen and oxygen atoms in total. The van der Waals surface area contributed by atoms with Crippen LogP contribution in [0.25, 0.3) is 0 Å². The molecule has 0 amide bonds. The van der Waals surface area contributed by atoms with Gasteiger partial charge < -0.3 is 4.74 Å². The fourth-order valence-electron chi connectivity index (χ4n) is 3.14. The molecular formula is C20H22O4S. The number of esters is 1. The molecule has 2 aromatic rings. The minimum atomic E-state index is -3.09. The van der Waals surface area contributed by atoms with Gasteiger partial charge >= 0.3 is 5.97 Å². The van der Waals surface area contributed by atoms with Gasteiger partial charge in [-0.1, -0.05) is 56.3 Å². The van der Waals surface area contributed by atoms with Crippen LogP contribution in [0.2, 0.25) is 0 Å². The minimum Gasteiger partial charge on any atom is -0.426 e. The average molecular weight is 358 g/mol. The maximum atomic E-state index is 12.1. The zero-order chi connectivity index (χ0) is 18.1. The van der Waals surface area contributed by atoms with Crippen molar-refractivity contribution in [1.82, 2.24) is 0 Å². The number of hydrogen-bond donors (Lipinski definition) is 0. The van der Waals surface area contributed by atoms with Crippen LogP contribution in [0.15, 0.2) is 54.6 Å². The van der Waals surface area contributed by atoms with Crippen LogP contribution < -0.4 is 4.74 Å². The normalized spacial score (nSPS) is 19.5. The average Bonchev–Trinajstić information content (AvgIpc) is 2.96. The molecule has 3 rings (SSSR count). The zero-order valence-electron chi connectivity index (χ0n) is 14.4. The fourth-order valence-corrected chi connectivity index (χ4v) is 4.87. The third-order valence-corrected chi connectivity index (χ3v) is 6.62. The van der Waals surface area contributed by atoms with Gasteiger partial charge in [0.2, 0.25) is 0 Å². The maximum absolute atomic E-state index is 12.1. The lowest BCUT2D eigenvalue weighted by Gasteiger charge is -2.26. The van der Waals surface area contributed by atoms with Crippen molar-refractivity contribution in [3.8, 4) is 5.75 Å². The third-order valence-electron chi connectivity index (χ3n) is 4.86. The Balaban J connectivity index is 1.71. The molecule has 1 aliphatic rings. The van der Waals surface area contributed by atoms with Crippen molar-refractivity contribution < 1.29 is 17.9 Å². The van der Waals surface area contributed by atoms with Gasteiger partial charge in [-0.3, -0.25) is 4.79 Å². The summed E-state index contributed by atoms with van der Waals surface area (Å²) in [5, 5.41) is 0. The molecule has 0 aromatic heterocycles. The largest absolute Gasteiger partial charge is 0.426 e. The molecular weight excluding hydrogens is 336 g/mol. The van der Waals surface area contributed by atoms with Gasteiger partial charge in [-0.05, 0) is 29.7 Å². The zero-order valence-corrected chi connectivity index (χ0v) is 15.3. The van der Waals surface area contributed by atoms with E-state index in [0.29, 0.717) is 12.2 Å². The summed E-state index contributed by atoms with van der Waals surface area (Å²) in [5.41, 5.74) is 2.15. The first-order valence-corrected chi connectivity index (χ1v) is 10.2. The third kappa shape index (κ3) is 3.93. The number of ether oxygens (including phenoxy) is 1. The van der Waals surface area contributed by atoms with E-state index in [9.17, 15) is 13.2 Å². The summed E-state index contributed by atoms with van der Waals surface area (Å²) in [4.78, 5) is 12.1. The Morgan fingerprint density at radius 1 is 1.00 bits per heavy atom. The van der Waals surface area contributed by atoms with Gasteiger partial charge in [0, 0.05) is 5.41 Å². The second kappa shape index (κ2) is 6.64. The van der Waals surface area contributed by atoms with Gasteiger partial charge in [-0.15, -0.1) is 0 Å². The highest BCUT2D eigenvalue weighted by atomic mass is 32.2. The standard InChI is InChI=1S/C20H22O4S/c1-20(2,16-6-4-3-5-7-16)17-8-10-18(11-9-17)24-19(21)15-12-13-25(22,23)14-15/h3-11,15H,12-14H2,1-2H3/t15-/m1/s1. The first-order valence-electron chi connectivity index (χ1n) is 8.36. The minimum absolute atomic E-state index is 0.0664. The van der Waals surface area contributed by atoms with Crippen molar-refractivity contribution in [3.05, 3.63) is 65.7 Å². The lowest BCUT2D eigenvalue weighted by molar-refractivity contribution is -0.138. The molecule has 0 saturated carbocycles. The lowest BCUT2D eigenvalue weighted by Crippen LogP contribution is -2.22. The Morgan fingerprint density at radius 2 is 1.60 bits per heavy atom. The van der Waals surface area contributed by atoms with Gasteiger partial charge in [-0.2, -0.15) is 0 Å². The molecule has 2 aromatic carbocycles. The summed E-state index contributed by atoms with van der Waals surface area (Å²) < 4.78 is 28.3. The predicted octanol–water partition coefficient (Wildman–Crippen LogP) is 3.35. The van der Waals surface area contributed by atoms with Crippen molar-refractivity contribution in [3.63, 3.8) is 0 Å². The molecule has 1 heterocycles. The smallest absolute Gasteiger partial charge is 0.315 e. The predicted molar refractivity (Wildman–Crippen MR) is 97.4 cm³/mol. The lowest BCUT2D eigenvalue weighted by atomic mass is 9.78. The summed E-state index contributed by atoms with van der Waals surface area (Å²) in [5.74, 6) is -0.606. The van der Waals surface area contributed by atoms with Gasteiger partial charge in [0.15, 0.2) is 9.84 Å². The van der Waals surface area contributed by atoms with E-state index in [1.807, 2.05) is 30.3 Å². The molecule has 1 aliphatic heterocycles. The van der Waals surface area contributed by atoms with E-state index < -0.39 is 21.7 Å². The molecule has 1 saturated heterocycles. The highest BCUT2D eigenvalue weighted by Gasteiger charge is 2.34. The number of sulfone groups is 1. The molecule has 0 spiro atoms. The summed E-state index contributed by atoms with van der Waals surface area (Å²) >= 11 is 0. The molecule has 0 N–H and O–H groups in total. The fraction of sp³-hybridized carbons (Fsp3) is 0.350. The van der Waals surface area contributed by atoms with Gasteiger partial charge in [0.1, 0.15) is 5.75 Å². The molecule has 0 radical (unpaired) electrons. The number of hydrogen-bond acceptors (Lipinski definition) is 4. The van der Waals surface area contributed by atoms with E-state index in [1.165, 1.54) is 5.56 Å². The van der Waals surface area contributed by atoms with Crippen LogP contribution in [0.1, 0.15) is 31.4 Å². The highest BCUT2D eigenvalue weighted by molar-refractivity contribution is 7.91. The first kappa shape index (κ1) is 17.7. The Morgan fingerprint density at radius 3 is 2.16 bits per heavy atom. The molecule has 1 atom stereocenters. The van der Waals surface area contributed by atoms with E-state index in [4.69, 9.17) is 4.74 Å². The monoisotopic (exact) mass is 358 g/mol. The van der Waals surface area contributed by atoms with Crippen molar-refractivity contribution >= 4 is 15.8 Å². The highest BCUT2D eigenvalue weighted by Crippen LogP contribution is 2.32. The Hall–Kier alpha value is -2.14. The summed E-state index contributed by atoms with van der Waals surface area (Å²) in [6.07, 6.45) is 0.348. The molecule has 0 unspecified atom stereocenters. The van der Waals surface area contributed by atoms with Crippen LogP contribution in [-0.2, 0) is 20.0 Å². The van der Waals surface area contributed by atoms with Crippen LogP contribution >= 0.6 is 0 Å². The van der Waals surface area contributed by atoms with Crippen LogP contribution in [-0.4, -0.2) is 25.9 Å². The van der Waals surface area contributed by atoms with E-state index in [2.05, 4.69) is 26.0 Å². The van der Waals surface area contributed by atoms with Gasteiger partial charge in [0.05, 0.1) is 17.4 Å². The molecule has 5 heteroatoms. The second-order valence-corrected chi connectivity index (χ2v) is 9.27. The van der Waals surface area contributed by atoms with E-state index in [0.717, 1.165) is 5.56 Å². The van der Waals surface area contributed by atoms with Crippen LogP contribution in [0, 0.1) is 5.92 Å². The van der Waals surface area contributed by atoms with Crippen molar-refractivity contribution in [2.24, 2.45) is 5.92 Å². The molecule has 0 bridgehead atoms. The SMILES string of the molecule is CC(C)(c1ccccc1)c1ccc(OC(=O)[C@@H]2CCS(=O)(=O)C2)cc1. The van der Waals surface area contributed by atoms with Gasteiger partial charge in [-0.25, -0.2) is 8.42 Å². The second-order valence-electron chi connectivity index (χ2n) is 7.04. The quantitative estimate of drug-likeness (QED) is 0.621. The summed E-state index contributed by atoms with van der Waals surface area (Å²) in [6, 6.07) is 17.6.